The van der Waals surface area contributed by atoms with Gasteiger partial charge in [-0.25, -0.2) is 0 Å². The van der Waals surface area contributed by atoms with Gasteiger partial charge in [0.2, 0.25) is 29.5 Å². The van der Waals surface area contributed by atoms with Gasteiger partial charge < -0.3 is 52.2 Å². The third kappa shape index (κ3) is 15.8. The maximum Gasteiger partial charge on any atom is 0.244 e. The summed E-state index contributed by atoms with van der Waals surface area (Å²) < 4.78 is 6.37. The number of unbranched alkanes of at least 4 members (excludes halogenated alkanes) is 3. The van der Waals surface area contributed by atoms with E-state index in [1.807, 2.05) is 20.8 Å². The SMILES string of the molecule is CCCCCC[C@H]1OC[C@@H](C)NC(=O)C(CNC[C@H](O)CO)NC(=O)C(CN)NC(=O)C(C2CCCCCC2)NC(=O)C(CC(C)C)N(C)C(=O)[C@@H]1C. The van der Waals surface area contributed by atoms with Crippen molar-refractivity contribution in [2.75, 3.05) is 39.9 Å². The molecule has 9 N–H and O–H groups in total. The molecule has 0 bridgehead atoms. The van der Waals surface area contributed by atoms with Gasteiger partial charge in [-0.05, 0) is 44.4 Å². The van der Waals surface area contributed by atoms with Gasteiger partial charge in [0.15, 0.2) is 0 Å². The van der Waals surface area contributed by atoms with E-state index in [0.29, 0.717) is 25.7 Å². The quantitative estimate of drug-likeness (QED) is 0.0916. The number of likely N-dealkylation sites (N-methyl/N-ethyl adjacent to an activating group) is 1. The second kappa shape index (κ2) is 24.5. The Morgan fingerprint density at radius 1 is 0.887 bits per heavy atom. The highest BCUT2D eigenvalue weighted by Gasteiger charge is 2.39. The van der Waals surface area contributed by atoms with Crippen LogP contribution in [-0.2, 0) is 28.7 Å². The number of carbonyl (C=O) groups is 5. The van der Waals surface area contributed by atoms with Crippen LogP contribution in [0.15, 0.2) is 0 Å². The predicted molar refractivity (Wildman–Crippen MR) is 203 cm³/mol. The van der Waals surface area contributed by atoms with Crippen LogP contribution in [0.2, 0.25) is 0 Å². The number of amides is 5. The van der Waals surface area contributed by atoms with E-state index in [1.165, 1.54) is 4.90 Å². The molecule has 53 heavy (non-hydrogen) atoms. The minimum Gasteiger partial charge on any atom is -0.394 e. The average molecular weight is 754 g/mol. The fourth-order valence-electron chi connectivity index (χ4n) is 7.15. The number of aliphatic hydroxyl groups is 2. The van der Waals surface area contributed by atoms with E-state index in [0.717, 1.165) is 51.4 Å². The van der Waals surface area contributed by atoms with Crippen molar-refractivity contribution in [1.82, 2.24) is 31.5 Å². The van der Waals surface area contributed by atoms with Crippen LogP contribution in [-0.4, -0.2) is 127 Å². The molecule has 1 saturated carbocycles. The van der Waals surface area contributed by atoms with Gasteiger partial charge in [0.1, 0.15) is 24.2 Å². The van der Waals surface area contributed by atoms with Crippen LogP contribution in [0.1, 0.15) is 112 Å². The molecule has 15 nitrogen and oxygen atoms in total. The van der Waals surface area contributed by atoms with Gasteiger partial charge in [0.05, 0.1) is 31.3 Å². The molecule has 4 unspecified atom stereocenters. The standard InChI is InChI=1S/C38H71N7O8/c1-7-8-9-14-17-32-26(5)38(52)45(6)31(18-24(2)3)36(50)44-33(27-15-12-10-11-13-16-27)37(51)42-29(19-39)34(48)43-30(21-40-20-28(47)22-46)35(49)41-25(4)23-53-32/h24-33,40,46-47H,7-23,39H2,1-6H3,(H,41,49)(H,42,51)(H,43,48)(H,44,50)/t25-,26-,28+,29?,30?,31?,32-,33?/m1/s1. The predicted octanol–water partition coefficient (Wildman–Crippen LogP) is 0.696. The van der Waals surface area contributed by atoms with Crippen molar-refractivity contribution in [1.29, 1.82) is 0 Å². The summed E-state index contributed by atoms with van der Waals surface area (Å²) in [6.45, 7) is 8.86. The Hall–Kier alpha value is -2.85. The van der Waals surface area contributed by atoms with Crippen molar-refractivity contribution < 1.29 is 38.9 Å². The first-order valence-electron chi connectivity index (χ1n) is 20.0. The molecule has 0 aromatic carbocycles. The van der Waals surface area contributed by atoms with E-state index in [9.17, 15) is 34.2 Å². The van der Waals surface area contributed by atoms with Crippen molar-refractivity contribution in [3.05, 3.63) is 0 Å². The Balaban J connectivity index is 2.57. The Morgan fingerprint density at radius 3 is 2.13 bits per heavy atom. The molecular weight excluding hydrogens is 682 g/mol. The van der Waals surface area contributed by atoms with Gasteiger partial charge >= 0.3 is 0 Å². The molecule has 15 heteroatoms. The average Bonchev–Trinajstić information content (AvgIpc) is 3.42. The summed E-state index contributed by atoms with van der Waals surface area (Å²) in [4.78, 5) is 71.3. The van der Waals surface area contributed by atoms with Crippen LogP contribution >= 0.6 is 0 Å². The lowest BCUT2D eigenvalue weighted by molar-refractivity contribution is -0.147. The molecule has 1 aliphatic carbocycles. The molecule has 1 heterocycles. The van der Waals surface area contributed by atoms with Crippen LogP contribution in [0.5, 0.6) is 0 Å². The van der Waals surface area contributed by atoms with Gasteiger partial charge in [0, 0.05) is 32.7 Å². The number of nitrogens with one attached hydrogen (secondary N) is 5. The van der Waals surface area contributed by atoms with Crippen molar-refractivity contribution in [2.24, 2.45) is 23.5 Å². The molecule has 8 atom stereocenters. The van der Waals surface area contributed by atoms with Crippen molar-refractivity contribution >= 4 is 29.5 Å². The number of rotatable bonds is 14. The van der Waals surface area contributed by atoms with Crippen LogP contribution < -0.4 is 32.3 Å². The molecule has 5 amide bonds. The molecule has 0 spiro atoms. The third-order valence-corrected chi connectivity index (χ3v) is 10.4. The van der Waals surface area contributed by atoms with Gasteiger partial charge in [-0.2, -0.15) is 0 Å². The zero-order valence-corrected chi connectivity index (χ0v) is 33.2. The van der Waals surface area contributed by atoms with Crippen molar-refractivity contribution in [2.45, 2.75) is 154 Å². The minimum absolute atomic E-state index is 0.0352. The first-order chi connectivity index (χ1) is 25.2. The second-order valence-corrected chi connectivity index (χ2v) is 15.6. The molecule has 1 aliphatic heterocycles. The Bertz CT molecular complexity index is 1140. The Kier molecular flexibility index (Phi) is 21.4. The molecule has 0 aromatic rings. The van der Waals surface area contributed by atoms with Gasteiger partial charge in [0.25, 0.3) is 0 Å². The summed E-state index contributed by atoms with van der Waals surface area (Å²) in [6, 6.07) is -4.71. The maximum absolute atomic E-state index is 14.3. The zero-order valence-electron chi connectivity index (χ0n) is 33.2. The van der Waals surface area contributed by atoms with Crippen LogP contribution in [0, 0.1) is 17.8 Å². The fraction of sp³-hybridized carbons (Fsp3) is 0.868. The minimum atomic E-state index is -1.22. The number of hydrogen-bond acceptors (Lipinski definition) is 10. The van der Waals surface area contributed by atoms with Gasteiger partial charge in [-0.3, -0.25) is 24.0 Å². The lowest BCUT2D eigenvalue weighted by Crippen LogP contribution is -2.62. The van der Waals surface area contributed by atoms with E-state index in [-0.39, 0.29) is 44.0 Å². The van der Waals surface area contributed by atoms with E-state index < -0.39 is 78.6 Å². The summed E-state index contributed by atoms with van der Waals surface area (Å²) in [5.74, 6) is -3.20. The highest BCUT2D eigenvalue weighted by Crippen LogP contribution is 2.27. The zero-order chi connectivity index (χ0) is 39.5. The highest BCUT2D eigenvalue weighted by molar-refractivity contribution is 5.96. The van der Waals surface area contributed by atoms with Crippen molar-refractivity contribution in [3.63, 3.8) is 0 Å². The fourth-order valence-corrected chi connectivity index (χ4v) is 7.15. The number of nitrogens with two attached hydrogens (primary N) is 1. The summed E-state index contributed by atoms with van der Waals surface area (Å²) in [5.41, 5.74) is 6.02. The van der Waals surface area contributed by atoms with Crippen LogP contribution in [0.25, 0.3) is 0 Å². The van der Waals surface area contributed by atoms with Gasteiger partial charge in [-0.1, -0.05) is 79.1 Å². The number of hydrogen-bond donors (Lipinski definition) is 8. The highest BCUT2D eigenvalue weighted by atomic mass is 16.5. The Morgan fingerprint density at radius 2 is 1.53 bits per heavy atom. The number of nitrogens with zero attached hydrogens (tertiary/aromatic N) is 1. The Labute approximate surface area is 317 Å². The first kappa shape index (κ1) is 46.3. The first-order valence-corrected chi connectivity index (χ1v) is 20.0. The molecule has 0 aromatic heterocycles. The lowest BCUT2D eigenvalue weighted by Gasteiger charge is -2.35. The molecule has 1 saturated heterocycles. The summed E-state index contributed by atoms with van der Waals surface area (Å²) in [5, 5.41) is 33.3. The molecule has 2 rings (SSSR count). The monoisotopic (exact) mass is 754 g/mol. The molecular formula is C38H71N7O8. The van der Waals surface area contributed by atoms with E-state index in [2.05, 4.69) is 33.5 Å². The van der Waals surface area contributed by atoms with Crippen LogP contribution in [0.3, 0.4) is 0 Å². The molecule has 0 radical (unpaired) electrons. The number of ether oxygens (including phenoxy) is 1. The largest absolute Gasteiger partial charge is 0.394 e. The second-order valence-electron chi connectivity index (χ2n) is 15.6. The van der Waals surface area contributed by atoms with Gasteiger partial charge in [-0.15, -0.1) is 0 Å². The van der Waals surface area contributed by atoms with E-state index >= 15 is 0 Å². The summed E-state index contributed by atoms with van der Waals surface area (Å²) >= 11 is 0. The third-order valence-electron chi connectivity index (χ3n) is 10.4. The summed E-state index contributed by atoms with van der Waals surface area (Å²) in [7, 11) is 1.63. The maximum atomic E-state index is 14.3. The normalized spacial score (nSPS) is 28.9. The molecule has 2 aliphatic rings. The molecule has 306 valence electrons. The number of aliphatic hydroxyl groups excluding tert-OH is 2. The van der Waals surface area contributed by atoms with E-state index in [1.54, 1.807) is 14.0 Å². The lowest BCUT2D eigenvalue weighted by atomic mass is 9.90. The van der Waals surface area contributed by atoms with Crippen LogP contribution in [0.4, 0.5) is 0 Å². The number of carbonyl (C=O) groups excluding carboxylic acids is 5. The summed E-state index contributed by atoms with van der Waals surface area (Å²) in [6.07, 6.45) is 8.59. The molecule has 2 fully saturated rings. The topological polar surface area (TPSA) is 224 Å². The smallest absolute Gasteiger partial charge is 0.244 e. The van der Waals surface area contributed by atoms with Crippen molar-refractivity contribution in [3.8, 4) is 0 Å². The van der Waals surface area contributed by atoms with E-state index in [4.69, 9.17) is 10.5 Å².